The number of hydrogen-bond donors (Lipinski definition) is 1. The zero-order chi connectivity index (χ0) is 19.5. The Morgan fingerprint density at radius 3 is 2.78 bits per heavy atom. The fourth-order valence-corrected chi connectivity index (χ4v) is 2.37. The van der Waals surface area contributed by atoms with E-state index in [0.717, 1.165) is 10.0 Å². The number of ether oxygens (including phenoxy) is 1. The van der Waals surface area contributed by atoms with E-state index in [2.05, 4.69) is 26.5 Å². The van der Waals surface area contributed by atoms with Gasteiger partial charge in [-0.3, -0.25) is 4.79 Å². The van der Waals surface area contributed by atoms with Crippen LogP contribution in [-0.4, -0.2) is 18.2 Å². The first-order valence-electron chi connectivity index (χ1n) is 8.14. The number of carbonyl (C=O) groups is 1. The van der Waals surface area contributed by atoms with Gasteiger partial charge in [-0.05, 0) is 36.8 Å². The van der Waals surface area contributed by atoms with Crippen LogP contribution < -0.4 is 10.2 Å². The molecule has 5 nitrogen and oxygen atoms in total. The van der Waals surface area contributed by atoms with Crippen LogP contribution in [-0.2, 0) is 4.79 Å². The lowest BCUT2D eigenvalue weighted by molar-refractivity contribution is -0.123. The fourth-order valence-electron chi connectivity index (χ4n) is 2.00. The summed E-state index contributed by atoms with van der Waals surface area (Å²) in [5.74, 6) is -0.0584. The standard InChI is InChI=1S/C21H18BrN3O2/c1-16(7-5-6-10-17-8-3-2-4-9-17)24-25-21(26)15-27-20-12-11-19(22)13-18(20)14-23/h2-13H,15H2,1H3,(H,25,26). The molecule has 136 valence electrons. The molecule has 0 saturated carbocycles. The Morgan fingerprint density at radius 2 is 2.04 bits per heavy atom. The van der Waals surface area contributed by atoms with Crippen molar-refractivity contribution in [2.75, 3.05) is 6.61 Å². The van der Waals surface area contributed by atoms with Gasteiger partial charge in [0.25, 0.3) is 5.91 Å². The highest BCUT2D eigenvalue weighted by Crippen LogP contribution is 2.22. The van der Waals surface area contributed by atoms with E-state index >= 15 is 0 Å². The Kier molecular flexibility index (Phi) is 8.01. The van der Waals surface area contributed by atoms with Crippen molar-refractivity contribution in [3.05, 3.63) is 82.4 Å². The second kappa shape index (κ2) is 10.7. The number of amides is 1. The van der Waals surface area contributed by atoms with Crippen molar-refractivity contribution < 1.29 is 9.53 Å². The molecule has 2 rings (SSSR count). The van der Waals surface area contributed by atoms with Gasteiger partial charge >= 0.3 is 0 Å². The molecule has 2 aromatic rings. The summed E-state index contributed by atoms with van der Waals surface area (Å²) in [7, 11) is 0. The minimum absolute atomic E-state index is 0.231. The Balaban J connectivity index is 1.81. The Morgan fingerprint density at radius 1 is 1.26 bits per heavy atom. The smallest absolute Gasteiger partial charge is 0.277 e. The average Bonchev–Trinajstić information content (AvgIpc) is 2.69. The molecule has 0 saturated heterocycles. The zero-order valence-corrected chi connectivity index (χ0v) is 16.3. The summed E-state index contributed by atoms with van der Waals surface area (Å²) in [4.78, 5) is 11.8. The molecule has 2 aromatic carbocycles. The number of nitrogens with zero attached hydrogens (tertiary/aromatic N) is 2. The minimum atomic E-state index is -0.408. The molecule has 0 radical (unpaired) electrons. The highest BCUT2D eigenvalue weighted by atomic mass is 79.9. The predicted molar refractivity (Wildman–Crippen MR) is 110 cm³/mol. The summed E-state index contributed by atoms with van der Waals surface area (Å²) in [5.41, 5.74) is 4.51. The van der Waals surface area contributed by atoms with Crippen molar-refractivity contribution in [3.63, 3.8) is 0 Å². The van der Waals surface area contributed by atoms with Gasteiger partial charge in [0.15, 0.2) is 6.61 Å². The molecule has 0 atom stereocenters. The fraction of sp³-hybridized carbons (Fsp3) is 0.0952. The molecule has 6 heteroatoms. The van der Waals surface area contributed by atoms with Gasteiger partial charge in [0.1, 0.15) is 11.8 Å². The highest BCUT2D eigenvalue weighted by Gasteiger charge is 2.07. The summed E-state index contributed by atoms with van der Waals surface area (Å²) >= 11 is 3.28. The third-order valence-electron chi connectivity index (χ3n) is 3.31. The Labute approximate surface area is 166 Å². The molecule has 0 heterocycles. The van der Waals surface area contributed by atoms with Crippen molar-refractivity contribution in [2.45, 2.75) is 6.92 Å². The second-order valence-corrected chi connectivity index (χ2v) is 6.37. The monoisotopic (exact) mass is 423 g/mol. The summed E-state index contributed by atoms with van der Waals surface area (Å²) in [6.45, 7) is 1.54. The molecule has 1 amide bonds. The van der Waals surface area contributed by atoms with Crippen LogP contribution in [0.15, 0.2) is 76.3 Å². The number of hydrogen-bond acceptors (Lipinski definition) is 4. The van der Waals surface area contributed by atoms with E-state index in [4.69, 9.17) is 10.00 Å². The van der Waals surface area contributed by atoms with E-state index in [-0.39, 0.29) is 6.61 Å². The largest absolute Gasteiger partial charge is 0.482 e. The molecule has 1 N–H and O–H groups in total. The number of halogens is 1. The van der Waals surface area contributed by atoms with Crippen LogP contribution in [0.1, 0.15) is 18.1 Å². The van der Waals surface area contributed by atoms with Gasteiger partial charge < -0.3 is 4.74 Å². The van der Waals surface area contributed by atoms with E-state index in [9.17, 15) is 4.79 Å². The van der Waals surface area contributed by atoms with Crippen LogP contribution in [0.2, 0.25) is 0 Å². The number of allylic oxidation sites excluding steroid dienone is 3. The van der Waals surface area contributed by atoms with Gasteiger partial charge in [-0.25, -0.2) is 5.43 Å². The summed E-state index contributed by atoms with van der Waals surface area (Å²) in [5, 5.41) is 13.1. The number of nitriles is 1. The summed E-state index contributed by atoms with van der Waals surface area (Å²) in [6.07, 6.45) is 7.50. The lowest BCUT2D eigenvalue weighted by Gasteiger charge is -2.07. The van der Waals surface area contributed by atoms with Gasteiger partial charge in [-0.1, -0.05) is 64.5 Å². The van der Waals surface area contributed by atoms with Crippen LogP contribution >= 0.6 is 15.9 Å². The van der Waals surface area contributed by atoms with Crippen LogP contribution in [0.4, 0.5) is 0 Å². The lowest BCUT2D eigenvalue weighted by Crippen LogP contribution is -2.25. The number of benzene rings is 2. The number of carbonyl (C=O) groups excluding carboxylic acids is 1. The first-order chi connectivity index (χ1) is 13.1. The SMILES string of the molecule is CC(C=CC=Cc1ccccc1)=NNC(=O)COc1ccc(Br)cc1C#N. The summed E-state index contributed by atoms with van der Waals surface area (Å²) in [6, 6.07) is 17.0. The number of nitrogens with one attached hydrogen (secondary N) is 1. The molecule has 0 bridgehead atoms. The topological polar surface area (TPSA) is 74.5 Å². The molecular formula is C21H18BrN3O2. The maximum absolute atomic E-state index is 11.8. The first kappa shape index (κ1) is 20.1. The molecular weight excluding hydrogens is 406 g/mol. The molecule has 0 aromatic heterocycles. The van der Waals surface area contributed by atoms with Crippen molar-refractivity contribution in [2.24, 2.45) is 5.10 Å². The third kappa shape index (κ3) is 7.30. The normalized spacial score (nSPS) is 11.5. The van der Waals surface area contributed by atoms with E-state index < -0.39 is 5.91 Å². The molecule has 27 heavy (non-hydrogen) atoms. The first-order valence-corrected chi connectivity index (χ1v) is 8.93. The minimum Gasteiger partial charge on any atom is -0.482 e. The molecule has 0 spiro atoms. The van der Waals surface area contributed by atoms with Crippen molar-refractivity contribution in [1.82, 2.24) is 5.43 Å². The predicted octanol–water partition coefficient (Wildman–Crippen LogP) is 4.46. The third-order valence-corrected chi connectivity index (χ3v) is 3.81. The molecule has 0 fully saturated rings. The van der Waals surface area contributed by atoms with Crippen LogP contribution in [0.3, 0.4) is 0 Å². The van der Waals surface area contributed by atoms with Crippen LogP contribution in [0.25, 0.3) is 6.08 Å². The Bertz CT molecular complexity index is 913. The van der Waals surface area contributed by atoms with Gasteiger partial charge in [0, 0.05) is 4.47 Å². The number of hydrazone groups is 1. The quantitative estimate of drug-likeness (QED) is 0.405. The van der Waals surface area contributed by atoms with E-state index in [1.54, 1.807) is 31.2 Å². The van der Waals surface area contributed by atoms with Gasteiger partial charge in [0.2, 0.25) is 0 Å². The average molecular weight is 424 g/mol. The highest BCUT2D eigenvalue weighted by molar-refractivity contribution is 9.10. The van der Waals surface area contributed by atoms with Crippen molar-refractivity contribution in [1.29, 1.82) is 5.26 Å². The number of rotatable bonds is 7. The van der Waals surface area contributed by atoms with Crippen molar-refractivity contribution in [3.8, 4) is 11.8 Å². The van der Waals surface area contributed by atoms with E-state index in [1.807, 2.05) is 54.6 Å². The Hall–Kier alpha value is -3.17. The molecule has 0 aliphatic rings. The molecule has 0 unspecified atom stereocenters. The van der Waals surface area contributed by atoms with Gasteiger partial charge in [-0.15, -0.1) is 0 Å². The maximum atomic E-state index is 11.8. The summed E-state index contributed by atoms with van der Waals surface area (Å²) < 4.78 is 6.14. The van der Waals surface area contributed by atoms with E-state index in [0.29, 0.717) is 17.0 Å². The maximum Gasteiger partial charge on any atom is 0.277 e. The van der Waals surface area contributed by atoms with E-state index in [1.165, 1.54) is 0 Å². The lowest BCUT2D eigenvalue weighted by atomic mass is 10.2. The van der Waals surface area contributed by atoms with Gasteiger partial charge in [-0.2, -0.15) is 10.4 Å². The van der Waals surface area contributed by atoms with Crippen LogP contribution in [0.5, 0.6) is 5.75 Å². The zero-order valence-electron chi connectivity index (χ0n) is 14.7. The van der Waals surface area contributed by atoms with Gasteiger partial charge in [0.05, 0.1) is 11.3 Å². The molecule has 0 aliphatic heterocycles. The van der Waals surface area contributed by atoms with Crippen molar-refractivity contribution >= 4 is 33.6 Å². The second-order valence-electron chi connectivity index (χ2n) is 5.46. The molecule has 0 aliphatic carbocycles. The van der Waals surface area contributed by atoms with Crippen LogP contribution in [0, 0.1) is 11.3 Å².